The van der Waals surface area contributed by atoms with Gasteiger partial charge in [0.15, 0.2) is 0 Å². The van der Waals surface area contributed by atoms with Crippen LogP contribution in [0.1, 0.15) is 44.3 Å². The highest BCUT2D eigenvalue weighted by atomic mass is 16.5. The smallest absolute Gasteiger partial charge is 0.266 e. The third-order valence-electron chi connectivity index (χ3n) is 7.64. The number of methoxy groups -OCH3 is 1. The molecule has 2 heterocycles. The number of carbonyl (C=O) groups is 2. The molecule has 0 bridgehead atoms. The molecule has 0 N–H and O–H groups in total. The zero-order valence-corrected chi connectivity index (χ0v) is 21.8. The van der Waals surface area contributed by atoms with Gasteiger partial charge in [0.05, 0.1) is 30.2 Å². The van der Waals surface area contributed by atoms with Crippen LogP contribution in [0.2, 0.25) is 0 Å². The van der Waals surface area contributed by atoms with Gasteiger partial charge in [-0.2, -0.15) is 5.10 Å². The Morgan fingerprint density at radius 2 is 1.38 bits per heavy atom. The summed E-state index contributed by atoms with van der Waals surface area (Å²) in [5, 5.41) is 8.68. The number of carbonyl (C=O) groups excluding carboxylic acids is 2. The number of nitrogens with zero attached hydrogens (tertiary/aromatic N) is 3. The Bertz CT molecular complexity index is 1760. The Labute approximate surface area is 231 Å². The van der Waals surface area contributed by atoms with E-state index in [2.05, 4.69) is 12.1 Å². The zero-order chi connectivity index (χ0) is 27.2. The molecule has 7 rings (SSSR count). The van der Waals surface area contributed by atoms with Crippen molar-refractivity contribution in [2.75, 3.05) is 17.0 Å². The third-order valence-corrected chi connectivity index (χ3v) is 7.64. The van der Waals surface area contributed by atoms with Gasteiger partial charge < -0.3 is 4.74 Å². The Hall–Kier alpha value is -5.23. The second-order valence-electron chi connectivity index (χ2n) is 9.90. The monoisotopic (exact) mass is 523 g/mol. The Balaban J connectivity index is 1.38. The van der Waals surface area contributed by atoms with Crippen LogP contribution in [0.3, 0.4) is 0 Å². The molecule has 1 unspecified atom stereocenters. The number of hydrogen-bond acceptors (Lipinski definition) is 5. The van der Waals surface area contributed by atoms with E-state index >= 15 is 0 Å². The van der Waals surface area contributed by atoms with Crippen LogP contribution in [0.4, 0.5) is 11.4 Å². The number of benzene rings is 5. The van der Waals surface area contributed by atoms with E-state index in [1.165, 1.54) is 4.90 Å². The Morgan fingerprint density at radius 1 is 0.725 bits per heavy atom. The molecule has 0 aromatic heterocycles. The van der Waals surface area contributed by atoms with Crippen molar-refractivity contribution >= 4 is 39.7 Å². The molecule has 6 nitrogen and oxygen atoms in total. The standard InChI is InChI=1S/C34H25N3O3/c1-40-25-18-19-30(36-33(38)26-16-8-12-23-13-9-17-27(32(23)26)34(36)39)28(20-25)29-21-31(22-10-4-2-5-11-22)37(35-29)24-14-6-3-7-15-24/h2-20,31H,21H2,1H3. The van der Waals surface area contributed by atoms with Crippen LogP contribution in [0.25, 0.3) is 10.8 Å². The van der Waals surface area contributed by atoms with Gasteiger partial charge in [0.25, 0.3) is 11.8 Å². The van der Waals surface area contributed by atoms with E-state index in [1.54, 1.807) is 31.4 Å². The van der Waals surface area contributed by atoms with Crippen molar-refractivity contribution in [3.05, 3.63) is 138 Å². The minimum Gasteiger partial charge on any atom is -0.497 e. The van der Waals surface area contributed by atoms with E-state index < -0.39 is 0 Å². The van der Waals surface area contributed by atoms with E-state index in [4.69, 9.17) is 9.84 Å². The van der Waals surface area contributed by atoms with Crippen molar-refractivity contribution in [1.29, 1.82) is 0 Å². The van der Waals surface area contributed by atoms with E-state index in [-0.39, 0.29) is 17.9 Å². The molecule has 0 spiro atoms. The molecule has 194 valence electrons. The molecule has 0 fully saturated rings. The highest BCUT2D eigenvalue weighted by Gasteiger charge is 2.37. The first-order chi connectivity index (χ1) is 19.6. The predicted octanol–water partition coefficient (Wildman–Crippen LogP) is 7.00. The molecule has 0 saturated carbocycles. The molecular formula is C34H25N3O3. The fraction of sp³-hybridized carbons (Fsp3) is 0.0882. The molecule has 40 heavy (non-hydrogen) atoms. The third kappa shape index (κ3) is 3.76. The molecule has 5 aromatic carbocycles. The lowest BCUT2D eigenvalue weighted by atomic mass is 9.92. The average molecular weight is 524 g/mol. The SMILES string of the molecule is COc1ccc(N2C(=O)c3cccc4cccc(c34)C2=O)c(C2=NN(c3ccccc3)C(c3ccccc3)C2)c1. The lowest BCUT2D eigenvalue weighted by Gasteiger charge is -2.29. The predicted molar refractivity (Wildman–Crippen MR) is 157 cm³/mol. The Morgan fingerprint density at radius 3 is 2.02 bits per heavy atom. The van der Waals surface area contributed by atoms with E-state index in [1.807, 2.05) is 83.9 Å². The van der Waals surface area contributed by atoms with Gasteiger partial charge in [0.1, 0.15) is 5.75 Å². The quantitative estimate of drug-likeness (QED) is 0.233. The molecule has 0 saturated heterocycles. The van der Waals surface area contributed by atoms with Gasteiger partial charge in [-0.25, -0.2) is 4.90 Å². The maximum Gasteiger partial charge on any atom is 0.266 e. The summed E-state index contributed by atoms with van der Waals surface area (Å²) in [7, 11) is 1.60. The van der Waals surface area contributed by atoms with E-state index in [9.17, 15) is 9.59 Å². The van der Waals surface area contributed by atoms with Crippen molar-refractivity contribution in [2.24, 2.45) is 5.10 Å². The van der Waals surface area contributed by atoms with Crippen molar-refractivity contribution < 1.29 is 14.3 Å². The highest BCUT2D eigenvalue weighted by molar-refractivity contribution is 6.36. The summed E-state index contributed by atoms with van der Waals surface area (Å²) in [6, 6.07) is 36.8. The second kappa shape index (κ2) is 9.50. The van der Waals surface area contributed by atoms with Gasteiger partial charge >= 0.3 is 0 Å². The number of imide groups is 1. The average Bonchev–Trinajstić information content (AvgIpc) is 3.46. The molecule has 0 aliphatic carbocycles. The van der Waals surface area contributed by atoms with Crippen LogP contribution < -0.4 is 14.6 Å². The maximum atomic E-state index is 13.9. The lowest BCUT2D eigenvalue weighted by Crippen LogP contribution is -2.41. The minimum absolute atomic E-state index is 0.0557. The molecule has 2 aliphatic rings. The topological polar surface area (TPSA) is 62.2 Å². The summed E-state index contributed by atoms with van der Waals surface area (Å²) in [5.41, 5.74) is 5.05. The Kier molecular flexibility index (Phi) is 5.67. The van der Waals surface area contributed by atoms with Crippen LogP contribution >= 0.6 is 0 Å². The number of rotatable bonds is 5. The molecule has 2 amide bonds. The van der Waals surface area contributed by atoms with Gasteiger partial charge in [-0.3, -0.25) is 14.6 Å². The molecular weight excluding hydrogens is 498 g/mol. The summed E-state index contributed by atoms with van der Waals surface area (Å²) in [6.45, 7) is 0. The first-order valence-corrected chi connectivity index (χ1v) is 13.2. The summed E-state index contributed by atoms with van der Waals surface area (Å²) >= 11 is 0. The number of ether oxygens (including phenoxy) is 1. The molecule has 5 aromatic rings. The van der Waals surface area contributed by atoms with Gasteiger partial charge in [-0.05, 0) is 53.4 Å². The summed E-state index contributed by atoms with van der Waals surface area (Å²) in [5.74, 6) is -0.0760. The fourth-order valence-electron chi connectivity index (χ4n) is 5.74. The lowest BCUT2D eigenvalue weighted by molar-refractivity contribution is 0.0893. The van der Waals surface area contributed by atoms with Crippen LogP contribution in [0, 0.1) is 0 Å². The van der Waals surface area contributed by atoms with Crippen LogP contribution in [-0.4, -0.2) is 24.6 Å². The number of para-hydroxylation sites is 1. The fourth-order valence-corrected chi connectivity index (χ4v) is 5.74. The van der Waals surface area contributed by atoms with Crippen LogP contribution in [-0.2, 0) is 0 Å². The van der Waals surface area contributed by atoms with E-state index in [0.29, 0.717) is 39.9 Å². The van der Waals surface area contributed by atoms with Crippen molar-refractivity contribution in [2.45, 2.75) is 12.5 Å². The number of anilines is 2. The van der Waals surface area contributed by atoms with Gasteiger partial charge in [0.2, 0.25) is 0 Å². The summed E-state index contributed by atoms with van der Waals surface area (Å²) in [6.07, 6.45) is 0.585. The normalized spacial score (nSPS) is 16.4. The van der Waals surface area contributed by atoms with Crippen molar-refractivity contribution in [3.8, 4) is 5.75 Å². The van der Waals surface area contributed by atoms with Gasteiger partial charge in [0, 0.05) is 28.5 Å². The van der Waals surface area contributed by atoms with Gasteiger partial charge in [-0.15, -0.1) is 0 Å². The largest absolute Gasteiger partial charge is 0.497 e. The number of hydrogen-bond donors (Lipinski definition) is 0. The first kappa shape index (κ1) is 23.9. The number of hydrazone groups is 1. The molecule has 6 heteroatoms. The van der Waals surface area contributed by atoms with Crippen LogP contribution in [0.15, 0.2) is 120 Å². The molecule has 0 radical (unpaired) electrons. The van der Waals surface area contributed by atoms with Crippen molar-refractivity contribution in [1.82, 2.24) is 0 Å². The highest BCUT2D eigenvalue weighted by Crippen LogP contribution is 2.41. The second-order valence-corrected chi connectivity index (χ2v) is 9.90. The molecule has 1 atom stereocenters. The minimum atomic E-state index is -0.348. The van der Waals surface area contributed by atoms with Gasteiger partial charge in [-0.1, -0.05) is 72.8 Å². The van der Waals surface area contributed by atoms with Crippen molar-refractivity contribution in [3.63, 3.8) is 0 Å². The maximum absolute atomic E-state index is 13.9. The first-order valence-electron chi connectivity index (χ1n) is 13.2. The summed E-state index contributed by atoms with van der Waals surface area (Å²) in [4.78, 5) is 29.2. The zero-order valence-electron chi connectivity index (χ0n) is 21.8. The molecule has 2 aliphatic heterocycles. The number of amides is 2. The summed E-state index contributed by atoms with van der Waals surface area (Å²) < 4.78 is 5.58. The van der Waals surface area contributed by atoms with Crippen LogP contribution in [0.5, 0.6) is 5.75 Å². The van der Waals surface area contributed by atoms with E-state index in [0.717, 1.165) is 22.3 Å².